The molecule has 5 nitrogen and oxygen atoms in total. The molecular formula is C7H12ClN3O2S. The average molecular weight is 238 g/mol. The number of rotatable bonds is 5. The second-order valence-electron chi connectivity index (χ2n) is 2.77. The van der Waals surface area contributed by atoms with E-state index in [1.807, 2.05) is 6.92 Å². The summed E-state index contributed by atoms with van der Waals surface area (Å²) in [6, 6.07) is 0. The summed E-state index contributed by atoms with van der Waals surface area (Å²) in [4.78, 5) is 6.14. The zero-order valence-electron chi connectivity index (χ0n) is 7.70. The molecule has 0 spiro atoms. The van der Waals surface area contributed by atoms with Gasteiger partial charge in [-0.1, -0.05) is 6.92 Å². The second-order valence-corrected chi connectivity index (χ2v) is 5.13. The molecule has 0 aliphatic heterocycles. The van der Waals surface area contributed by atoms with Gasteiger partial charge in [-0.2, -0.15) is 0 Å². The first-order chi connectivity index (χ1) is 6.56. The molecule has 2 N–H and O–H groups in total. The number of nitrogens with zero attached hydrogens (tertiary/aromatic N) is 1. The monoisotopic (exact) mass is 237 g/mol. The van der Waals surface area contributed by atoms with Gasteiger partial charge in [-0.25, -0.2) is 18.1 Å². The van der Waals surface area contributed by atoms with E-state index in [1.165, 1.54) is 12.5 Å². The van der Waals surface area contributed by atoms with Gasteiger partial charge in [0.15, 0.2) is 5.03 Å². The molecule has 1 heterocycles. The lowest BCUT2D eigenvalue weighted by molar-refractivity contribution is 0.576. The van der Waals surface area contributed by atoms with Crippen molar-refractivity contribution in [3.63, 3.8) is 0 Å². The molecule has 1 atom stereocenters. The van der Waals surface area contributed by atoms with E-state index in [0.29, 0.717) is 6.42 Å². The van der Waals surface area contributed by atoms with Crippen molar-refractivity contribution < 1.29 is 8.42 Å². The predicted molar refractivity (Wildman–Crippen MR) is 53.7 cm³/mol. The summed E-state index contributed by atoms with van der Waals surface area (Å²) >= 11 is 5.78. The predicted octanol–water partition coefficient (Wildman–Crippen LogP) is 0.705. The Hall–Kier alpha value is -0.590. The van der Waals surface area contributed by atoms with Crippen LogP contribution in [0.4, 0.5) is 0 Å². The third kappa shape index (κ3) is 2.97. The Morgan fingerprint density at radius 2 is 2.43 bits per heavy atom. The number of hydrogen-bond acceptors (Lipinski definition) is 3. The molecule has 0 aliphatic carbocycles. The highest BCUT2D eigenvalue weighted by molar-refractivity contribution is 7.89. The van der Waals surface area contributed by atoms with Gasteiger partial charge >= 0.3 is 0 Å². The van der Waals surface area contributed by atoms with E-state index in [-0.39, 0.29) is 16.9 Å². The van der Waals surface area contributed by atoms with E-state index in [1.54, 1.807) is 0 Å². The zero-order valence-corrected chi connectivity index (χ0v) is 9.27. The maximum atomic E-state index is 11.5. The second kappa shape index (κ2) is 4.77. The molecular weight excluding hydrogens is 226 g/mol. The topological polar surface area (TPSA) is 74.8 Å². The van der Waals surface area contributed by atoms with Crippen molar-refractivity contribution >= 4 is 21.6 Å². The van der Waals surface area contributed by atoms with Crippen LogP contribution < -0.4 is 4.72 Å². The molecule has 1 aromatic heterocycles. The Kier molecular flexibility index (Phi) is 3.91. The van der Waals surface area contributed by atoms with E-state index in [0.717, 1.165) is 0 Å². The molecule has 0 saturated carbocycles. The highest BCUT2D eigenvalue weighted by Crippen LogP contribution is 2.04. The van der Waals surface area contributed by atoms with Gasteiger partial charge in [0, 0.05) is 11.9 Å². The Bertz CT molecular complexity index is 362. The highest BCUT2D eigenvalue weighted by atomic mass is 35.5. The van der Waals surface area contributed by atoms with Crippen LogP contribution in [0.25, 0.3) is 0 Å². The number of hydrogen-bond donors (Lipinski definition) is 2. The quantitative estimate of drug-likeness (QED) is 0.741. The minimum Gasteiger partial charge on any atom is -0.335 e. The van der Waals surface area contributed by atoms with E-state index >= 15 is 0 Å². The maximum Gasteiger partial charge on any atom is 0.257 e. The van der Waals surface area contributed by atoms with Gasteiger partial charge < -0.3 is 4.98 Å². The third-order valence-corrected chi connectivity index (χ3v) is 3.51. The summed E-state index contributed by atoms with van der Waals surface area (Å²) in [5.74, 6) is 0. The minimum absolute atomic E-state index is 0.0532. The van der Waals surface area contributed by atoms with Gasteiger partial charge in [-0.05, 0) is 6.42 Å². The van der Waals surface area contributed by atoms with Crippen molar-refractivity contribution in [1.82, 2.24) is 14.7 Å². The summed E-state index contributed by atoms with van der Waals surface area (Å²) in [5.41, 5.74) is 0. The molecule has 0 radical (unpaired) electrons. The molecule has 1 aromatic rings. The van der Waals surface area contributed by atoms with Gasteiger partial charge in [0.05, 0.1) is 12.5 Å². The molecule has 7 heteroatoms. The van der Waals surface area contributed by atoms with Crippen molar-refractivity contribution in [1.29, 1.82) is 0 Å². The molecule has 0 amide bonds. The Morgan fingerprint density at radius 3 is 2.93 bits per heavy atom. The van der Waals surface area contributed by atoms with Gasteiger partial charge in [0.2, 0.25) is 0 Å². The number of halogens is 1. The largest absolute Gasteiger partial charge is 0.335 e. The van der Waals surface area contributed by atoms with Gasteiger partial charge in [-0.15, -0.1) is 11.6 Å². The molecule has 0 aliphatic rings. The van der Waals surface area contributed by atoms with Gasteiger partial charge in [0.25, 0.3) is 10.0 Å². The summed E-state index contributed by atoms with van der Waals surface area (Å²) in [6.07, 6.45) is 3.27. The molecule has 1 unspecified atom stereocenters. The van der Waals surface area contributed by atoms with Gasteiger partial charge in [-0.3, -0.25) is 0 Å². The standard InChI is InChI=1S/C7H12ClN3O2S/c1-2-6(8)3-11-14(12,13)7-4-9-5-10-7/h4-6,11H,2-3H2,1H3,(H,9,10). The summed E-state index contributed by atoms with van der Waals surface area (Å²) in [7, 11) is -3.47. The fourth-order valence-corrected chi connectivity index (χ4v) is 1.96. The average Bonchev–Trinajstić information content (AvgIpc) is 2.67. The molecule has 0 fully saturated rings. The number of imidazole rings is 1. The normalized spacial score (nSPS) is 14.1. The van der Waals surface area contributed by atoms with Crippen LogP contribution in [0, 0.1) is 0 Å². The first kappa shape index (κ1) is 11.5. The number of nitrogens with one attached hydrogen (secondary N) is 2. The van der Waals surface area contributed by atoms with Crippen LogP contribution in [-0.2, 0) is 10.0 Å². The van der Waals surface area contributed by atoms with E-state index in [9.17, 15) is 8.42 Å². The van der Waals surface area contributed by atoms with Crippen molar-refractivity contribution in [2.75, 3.05) is 6.54 Å². The molecule has 0 bridgehead atoms. The molecule has 14 heavy (non-hydrogen) atoms. The lowest BCUT2D eigenvalue weighted by atomic mass is 10.3. The minimum atomic E-state index is -3.47. The lowest BCUT2D eigenvalue weighted by Gasteiger charge is -2.07. The highest BCUT2D eigenvalue weighted by Gasteiger charge is 2.16. The number of aromatic nitrogens is 2. The third-order valence-electron chi connectivity index (χ3n) is 1.70. The number of alkyl halides is 1. The number of H-pyrrole nitrogens is 1. The Morgan fingerprint density at radius 1 is 1.71 bits per heavy atom. The van der Waals surface area contributed by atoms with Crippen LogP contribution >= 0.6 is 11.6 Å². The fraction of sp³-hybridized carbons (Fsp3) is 0.571. The molecule has 0 saturated heterocycles. The fourth-order valence-electron chi connectivity index (χ4n) is 0.812. The Balaban J connectivity index is 2.60. The first-order valence-corrected chi connectivity index (χ1v) is 6.10. The molecule has 0 aromatic carbocycles. The maximum absolute atomic E-state index is 11.5. The van der Waals surface area contributed by atoms with Crippen LogP contribution in [-0.4, -0.2) is 30.3 Å². The van der Waals surface area contributed by atoms with Crippen molar-refractivity contribution in [3.8, 4) is 0 Å². The van der Waals surface area contributed by atoms with E-state index in [2.05, 4.69) is 14.7 Å². The van der Waals surface area contributed by atoms with E-state index in [4.69, 9.17) is 11.6 Å². The SMILES string of the molecule is CCC(Cl)CNS(=O)(=O)c1cnc[nH]1. The zero-order chi connectivity index (χ0) is 10.6. The summed E-state index contributed by atoms with van der Waals surface area (Å²) in [5, 5.41) is -0.134. The molecule has 1 rings (SSSR count). The van der Waals surface area contributed by atoms with Crippen LogP contribution in [0.15, 0.2) is 17.6 Å². The van der Waals surface area contributed by atoms with Crippen LogP contribution in [0.2, 0.25) is 0 Å². The Labute approximate surface area is 87.9 Å². The van der Waals surface area contributed by atoms with Crippen molar-refractivity contribution in [2.24, 2.45) is 0 Å². The number of aromatic amines is 1. The smallest absolute Gasteiger partial charge is 0.257 e. The number of sulfonamides is 1. The summed E-state index contributed by atoms with van der Waals surface area (Å²) < 4.78 is 25.3. The summed E-state index contributed by atoms with van der Waals surface area (Å²) in [6.45, 7) is 2.11. The lowest BCUT2D eigenvalue weighted by Crippen LogP contribution is -2.29. The van der Waals surface area contributed by atoms with Crippen LogP contribution in [0.1, 0.15) is 13.3 Å². The van der Waals surface area contributed by atoms with E-state index < -0.39 is 10.0 Å². The van der Waals surface area contributed by atoms with Crippen molar-refractivity contribution in [2.45, 2.75) is 23.7 Å². The van der Waals surface area contributed by atoms with Crippen LogP contribution in [0.5, 0.6) is 0 Å². The molecule has 80 valence electrons. The first-order valence-electron chi connectivity index (χ1n) is 4.18. The van der Waals surface area contributed by atoms with Crippen molar-refractivity contribution in [3.05, 3.63) is 12.5 Å². The van der Waals surface area contributed by atoms with Gasteiger partial charge in [0.1, 0.15) is 0 Å². The van der Waals surface area contributed by atoms with Crippen LogP contribution in [0.3, 0.4) is 0 Å².